The molecule has 2 rings (SSSR count). The Balaban J connectivity index is 2.05. The Morgan fingerprint density at radius 2 is 2.40 bits per heavy atom. The maximum Gasteiger partial charge on any atom is 0.254 e. The summed E-state index contributed by atoms with van der Waals surface area (Å²) >= 11 is 0. The molecule has 1 aliphatic rings. The third-order valence-electron chi connectivity index (χ3n) is 3.02. The van der Waals surface area contributed by atoms with Crippen LogP contribution < -0.4 is 5.32 Å². The van der Waals surface area contributed by atoms with Crippen LogP contribution in [0.3, 0.4) is 0 Å². The summed E-state index contributed by atoms with van der Waals surface area (Å²) in [6.07, 6.45) is 1.73. The van der Waals surface area contributed by atoms with Gasteiger partial charge in [-0.15, -0.1) is 0 Å². The first-order valence-electron chi connectivity index (χ1n) is 6.48. The van der Waals surface area contributed by atoms with Gasteiger partial charge >= 0.3 is 0 Å². The number of halogens is 1. The molecule has 0 aromatic heterocycles. The maximum absolute atomic E-state index is 13.9. The molecule has 0 aliphatic carbocycles. The molecule has 5 heteroatoms. The molecule has 106 valence electrons. The molecule has 0 bridgehead atoms. The van der Waals surface area contributed by atoms with Gasteiger partial charge < -0.3 is 15.2 Å². The van der Waals surface area contributed by atoms with E-state index in [-0.39, 0.29) is 18.2 Å². The molecule has 0 saturated carbocycles. The topological polar surface area (TPSA) is 58.6 Å². The summed E-state index contributed by atoms with van der Waals surface area (Å²) in [5.41, 5.74) is 0.416. The smallest absolute Gasteiger partial charge is 0.254 e. The number of hydrogen-bond acceptors (Lipinski definition) is 3. The van der Waals surface area contributed by atoms with Crippen LogP contribution in [0.15, 0.2) is 18.2 Å². The van der Waals surface area contributed by atoms with Crippen molar-refractivity contribution in [2.45, 2.75) is 18.9 Å². The summed E-state index contributed by atoms with van der Waals surface area (Å²) in [6, 6.07) is 4.08. The minimum absolute atomic E-state index is 0.00915. The number of benzene rings is 1. The third-order valence-corrected chi connectivity index (χ3v) is 3.02. The lowest BCUT2D eigenvalue weighted by atomic mass is 10.1. The molecule has 1 amide bonds. The van der Waals surface area contributed by atoms with Crippen molar-refractivity contribution in [2.24, 2.45) is 0 Å². The SMILES string of the molecule is O=C(NC1CCCOC1)c1ccc(C#CCO)cc1F. The van der Waals surface area contributed by atoms with Crippen LogP contribution in [0.25, 0.3) is 0 Å². The predicted octanol–water partition coefficient (Wildman–Crippen LogP) is 1.08. The number of amides is 1. The van der Waals surface area contributed by atoms with E-state index < -0.39 is 11.7 Å². The molecule has 1 aliphatic heterocycles. The van der Waals surface area contributed by atoms with E-state index in [1.807, 2.05) is 0 Å². The van der Waals surface area contributed by atoms with Gasteiger partial charge in [-0.25, -0.2) is 4.39 Å². The Bertz CT molecular complexity index is 542. The number of nitrogens with one attached hydrogen (secondary N) is 1. The Morgan fingerprint density at radius 3 is 3.05 bits per heavy atom. The van der Waals surface area contributed by atoms with Gasteiger partial charge in [0.1, 0.15) is 12.4 Å². The molecule has 0 radical (unpaired) electrons. The number of ether oxygens (including phenoxy) is 1. The van der Waals surface area contributed by atoms with Crippen molar-refractivity contribution in [1.82, 2.24) is 5.32 Å². The summed E-state index contributed by atoms with van der Waals surface area (Å²) < 4.78 is 19.1. The standard InChI is InChI=1S/C15H16FNO3/c16-14-9-11(3-1-7-18)5-6-13(14)15(19)17-12-4-2-8-20-10-12/h5-6,9,12,18H,2,4,7-8,10H2,(H,17,19). The molecule has 1 unspecified atom stereocenters. The Kier molecular flexibility index (Phi) is 5.10. The number of rotatable bonds is 2. The molecule has 20 heavy (non-hydrogen) atoms. The fraction of sp³-hybridized carbons (Fsp3) is 0.400. The summed E-state index contributed by atoms with van der Waals surface area (Å²) in [5.74, 6) is 3.95. The number of hydrogen-bond donors (Lipinski definition) is 2. The van der Waals surface area contributed by atoms with E-state index >= 15 is 0 Å². The molecular formula is C15H16FNO3. The lowest BCUT2D eigenvalue weighted by molar-refractivity contribution is 0.0622. The number of carbonyl (C=O) groups excluding carboxylic acids is 1. The number of aliphatic hydroxyl groups excluding tert-OH is 1. The largest absolute Gasteiger partial charge is 0.384 e. The fourth-order valence-electron chi connectivity index (χ4n) is 2.04. The van der Waals surface area contributed by atoms with E-state index in [0.717, 1.165) is 12.8 Å². The van der Waals surface area contributed by atoms with Gasteiger partial charge in [0.15, 0.2) is 0 Å². The van der Waals surface area contributed by atoms with Crippen molar-refractivity contribution >= 4 is 5.91 Å². The Morgan fingerprint density at radius 1 is 1.55 bits per heavy atom. The third kappa shape index (κ3) is 3.80. The summed E-state index contributed by atoms with van der Waals surface area (Å²) in [5, 5.41) is 11.3. The minimum Gasteiger partial charge on any atom is -0.384 e. The average Bonchev–Trinajstić information content (AvgIpc) is 2.46. The first-order valence-corrected chi connectivity index (χ1v) is 6.48. The van der Waals surface area contributed by atoms with Gasteiger partial charge in [0.2, 0.25) is 0 Å². The van der Waals surface area contributed by atoms with Crippen LogP contribution in [0.1, 0.15) is 28.8 Å². The normalized spacial score (nSPS) is 18.0. The highest BCUT2D eigenvalue weighted by molar-refractivity contribution is 5.94. The molecular weight excluding hydrogens is 261 g/mol. The second kappa shape index (κ2) is 7.04. The molecule has 1 atom stereocenters. The average molecular weight is 277 g/mol. The molecule has 1 saturated heterocycles. The zero-order chi connectivity index (χ0) is 14.4. The molecule has 2 N–H and O–H groups in total. The van der Waals surface area contributed by atoms with E-state index in [1.165, 1.54) is 12.1 Å². The van der Waals surface area contributed by atoms with Crippen LogP contribution >= 0.6 is 0 Å². The van der Waals surface area contributed by atoms with Gasteiger partial charge in [0, 0.05) is 12.2 Å². The summed E-state index contributed by atoms with van der Waals surface area (Å²) in [6.45, 7) is 0.887. The second-order valence-corrected chi connectivity index (χ2v) is 4.54. The highest BCUT2D eigenvalue weighted by Gasteiger charge is 2.19. The van der Waals surface area contributed by atoms with Crippen LogP contribution in [0, 0.1) is 17.7 Å². The quantitative estimate of drug-likeness (QED) is 0.795. The Labute approximate surface area is 116 Å². The molecule has 4 nitrogen and oxygen atoms in total. The van der Waals surface area contributed by atoms with E-state index in [0.29, 0.717) is 18.8 Å². The van der Waals surface area contributed by atoms with Gasteiger partial charge in [-0.1, -0.05) is 11.8 Å². The van der Waals surface area contributed by atoms with Crippen LogP contribution in [0.5, 0.6) is 0 Å². The Hall–Kier alpha value is -1.90. The van der Waals surface area contributed by atoms with Gasteiger partial charge in [-0.3, -0.25) is 4.79 Å². The zero-order valence-electron chi connectivity index (χ0n) is 11.0. The van der Waals surface area contributed by atoms with Gasteiger partial charge in [-0.05, 0) is 31.0 Å². The van der Waals surface area contributed by atoms with Crippen molar-refractivity contribution in [3.05, 3.63) is 35.1 Å². The number of aliphatic hydroxyl groups is 1. The van der Waals surface area contributed by atoms with Crippen molar-refractivity contribution in [2.75, 3.05) is 19.8 Å². The molecule has 1 aromatic carbocycles. The van der Waals surface area contributed by atoms with Gasteiger partial charge in [0.05, 0.1) is 18.2 Å². The first kappa shape index (κ1) is 14.5. The van der Waals surface area contributed by atoms with Crippen molar-refractivity contribution in [3.8, 4) is 11.8 Å². The van der Waals surface area contributed by atoms with Crippen LogP contribution in [0.4, 0.5) is 4.39 Å². The lowest BCUT2D eigenvalue weighted by Gasteiger charge is -2.23. The van der Waals surface area contributed by atoms with Crippen molar-refractivity contribution in [3.63, 3.8) is 0 Å². The van der Waals surface area contributed by atoms with E-state index in [9.17, 15) is 9.18 Å². The second-order valence-electron chi connectivity index (χ2n) is 4.54. The zero-order valence-corrected chi connectivity index (χ0v) is 11.0. The first-order chi connectivity index (χ1) is 9.70. The van der Waals surface area contributed by atoms with Gasteiger partial charge in [-0.2, -0.15) is 0 Å². The predicted molar refractivity (Wildman–Crippen MR) is 71.7 cm³/mol. The molecule has 1 fully saturated rings. The van der Waals surface area contributed by atoms with Crippen LogP contribution in [-0.4, -0.2) is 36.9 Å². The van der Waals surface area contributed by atoms with Crippen LogP contribution in [0.2, 0.25) is 0 Å². The highest BCUT2D eigenvalue weighted by atomic mass is 19.1. The summed E-state index contributed by atoms with van der Waals surface area (Å²) in [7, 11) is 0. The molecule has 0 spiro atoms. The van der Waals surface area contributed by atoms with E-state index in [2.05, 4.69) is 17.2 Å². The maximum atomic E-state index is 13.9. The molecule has 1 heterocycles. The van der Waals surface area contributed by atoms with Gasteiger partial charge in [0.25, 0.3) is 5.91 Å². The van der Waals surface area contributed by atoms with E-state index in [1.54, 1.807) is 6.07 Å². The summed E-state index contributed by atoms with van der Waals surface area (Å²) in [4.78, 5) is 12.0. The van der Waals surface area contributed by atoms with E-state index in [4.69, 9.17) is 9.84 Å². The monoisotopic (exact) mass is 277 g/mol. The molecule has 1 aromatic rings. The highest BCUT2D eigenvalue weighted by Crippen LogP contribution is 2.12. The minimum atomic E-state index is -0.621. The van der Waals surface area contributed by atoms with Crippen LogP contribution in [-0.2, 0) is 4.74 Å². The fourth-order valence-corrected chi connectivity index (χ4v) is 2.04. The number of carbonyl (C=O) groups is 1. The van der Waals surface area contributed by atoms with Crippen molar-refractivity contribution < 1.29 is 19.0 Å². The van der Waals surface area contributed by atoms with Crippen molar-refractivity contribution in [1.29, 1.82) is 0 Å². The lowest BCUT2D eigenvalue weighted by Crippen LogP contribution is -2.40.